The van der Waals surface area contributed by atoms with Crippen LogP contribution in [0.1, 0.15) is 45.2 Å². The van der Waals surface area contributed by atoms with E-state index < -0.39 is 84.5 Å². The second kappa shape index (κ2) is 19.8. The molecule has 11 N–H and O–H groups in total. The van der Waals surface area contributed by atoms with Gasteiger partial charge in [-0.2, -0.15) is 0 Å². The molecule has 0 saturated heterocycles. The smallest absolute Gasteiger partial charge is 0.328 e. The fourth-order valence-electron chi connectivity index (χ4n) is 4.84. The summed E-state index contributed by atoms with van der Waals surface area (Å²) in [6.45, 7) is 5.38. The van der Waals surface area contributed by atoms with E-state index in [1.165, 1.54) is 26.0 Å². The Morgan fingerprint density at radius 3 is 1.74 bits per heavy atom. The highest BCUT2D eigenvalue weighted by atomic mass is 16.4. The highest BCUT2D eigenvalue weighted by Crippen LogP contribution is 2.12. The number of aromatic hydroxyl groups is 1. The van der Waals surface area contributed by atoms with Gasteiger partial charge in [0.25, 0.3) is 0 Å². The number of amides is 5. The van der Waals surface area contributed by atoms with E-state index in [-0.39, 0.29) is 30.9 Å². The summed E-state index contributed by atoms with van der Waals surface area (Å²) in [5.41, 5.74) is 7.28. The molecule has 16 heteroatoms. The van der Waals surface area contributed by atoms with E-state index in [2.05, 4.69) is 26.6 Å². The van der Waals surface area contributed by atoms with Crippen LogP contribution in [0.4, 0.5) is 0 Å². The molecular formula is C34H48N6O10. The van der Waals surface area contributed by atoms with Gasteiger partial charge in [0, 0.05) is 6.42 Å². The Morgan fingerprint density at radius 2 is 1.20 bits per heavy atom. The zero-order valence-electron chi connectivity index (χ0n) is 28.5. The van der Waals surface area contributed by atoms with Crippen LogP contribution in [-0.2, 0) is 41.6 Å². The number of carbonyl (C=O) groups is 6. The number of phenolic OH excluding ortho intramolecular Hbond substituents is 1. The first-order valence-corrected chi connectivity index (χ1v) is 16.1. The maximum absolute atomic E-state index is 13.5. The van der Waals surface area contributed by atoms with Crippen molar-refractivity contribution in [3.8, 4) is 5.75 Å². The molecule has 0 unspecified atom stereocenters. The Hall–Kier alpha value is -5.06. The molecule has 16 nitrogen and oxygen atoms in total. The number of aliphatic hydroxyl groups is 2. The van der Waals surface area contributed by atoms with Crippen LogP contribution < -0.4 is 32.3 Å². The van der Waals surface area contributed by atoms with E-state index in [9.17, 15) is 49.2 Å². The Labute approximate surface area is 290 Å². The third kappa shape index (κ3) is 13.8. The van der Waals surface area contributed by atoms with Crippen molar-refractivity contribution < 1.29 is 49.2 Å². The van der Waals surface area contributed by atoms with Crippen LogP contribution in [0, 0.1) is 5.92 Å². The maximum Gasteiger partial charge on any atom is 0.328 e. The van der Waals surface area contributed by atoms with Gasteiger partial charge in [-0.25, -0.2) is 4.79 Å². The normalized spacial score (nSPS) is 15.3. The molecule has 0 fully saturated rings. The fourth-order valence-corrected chi connectivity index (χ4v) is 4.84. The third-order valence-corrected chi connectivity index (χ3v) is 7.54. The van der Waals surface area contributed by atoms with Crippen LogP contribution in [0.5, 0.6) is 5.75 Å². The van der Waals surface area contributed by atoms with E-state index in [0.717, 1.165) is 0 Å². The number of aliphatic hydroxyl groups excluding tert-OH is 2. The summed E-state index contributed by atoms with van der Waals surface area (Å²) in [5, 5.41) is 50.9. The van der Waals surface area contributed by atoms with Crippen molar-refractivity contribution in [2.45, 2.75) is 89.4 Å². The van der Waals surface area contributed by atoms with Gasteiger partial charge in [-0.3, -0.25) is 24.0 Å². The topological polar surface area (TPSA) is 270 Å². The molecule has 0 bridgehead atoms. The second-order valence-electron chi connectivity index (χ2n) is 12.5. The van der Waals surface area contributed by atoms with Crippen LogP contribution in [0.2, 0.25) is 0 Å². The Kier molecular flexibility index (Phi) is 16.3. The zero-order chi connectivity index (χ0) is 37.5. The van der Waals surface area contributed by atoms with Crippen LogP contribution in [0.25, 0.3) is 0 Å². The lowest BCUT2D eigenvalue weighted by molar-refractivity contribution is -0.145. The number of phenols is 1. The minimum atomic E-state index is -1.62. The molecule has 50 heavy (non-hydrogen) atoms. The van der Waals surface area contributed by atoms with E-state index in [4.69, 9.17) is 5.73 Å². The number of aliphatic carboxylic acids is 1. The van der Waals surface area contributed by atoms with Crippen LogP contribution >= 0.6 is 0 Å². The summed E-state index contributed by atoms with van der Waals surface area (Å²) in [7, 11) is 0. The molecule has 5 amide bonds. The zero-order valence-corrected chi connectivity index (χ0v) is 28.5. The Bertz CT molecular complexity index is 1450. The molecule has 0 spiro atoms. The van der Waals surface area contributed by atoms with Gasteiger partial charge < -0.3 is 52.7 Å². The molecule has 0 saturated carbocycles. The lowest BCUT2D eigenvalue weighted by Crippen LogP contribution is -2.59. The van der Waals surface area contributed by atoms with Crippen molar-refractivity contribution in [3.05, 3.63) is 65.7 Å². The summed E-state index contributed by atoms with van der Waals surface area (Å²) in [6, 6.07) is 8.01. The third-order valence-electron chi connectivity index (χ3n) is 7.54. The molecule has 2 aromatic rings. The highest BCUT2D eigenvalue weighted by Gasteiger charge is 2.33. The van der Waals surface area contributed by atoms with Gasteiger partial charge in [-0.15, -0.1) is 0 Å². The molecule has 0 aliphatic rings. The molecular weight excluding hydrogens is 652 g/mol. The van der Waals surface area contributed by atoms with Gasteiger partial charge in [0.15, 0.2) is 6.04 Å². The molecule has 0 aliphatic heterocycles. The van der Waals surface area contributed by atoms with Gasteiger partial charge in [-0.1, -0.05) is 56.3 Å². The number of benzene rings is 2. The van der Waals surface area contributed by atoms with E-state index in [1.807, 2.05) is 0 Å². The van der Waals surface area contributed by atoms with Crippen LogP contribution in [0.3, 0.4) is 0 Å². The largest absolute Gasteiger partial charge is 0.508 e. The number of nitrogens with two attached hydrogens (primary N) is 1. The first-order chi connectivity index (χ1) is 23.5. The van der Waals surface area contributed by atoms with E-state index in [1.54, 1.807) is 56.3 Å². The Morgan fingerprint density at radius 1 is 0.660 bits per heavy atom. The quantitative estimate of drug-likeness (QED) is 0.0802. The van der Waals surface area contributed by atoms with Gasteiger partial charge in [0.05, 0.1) is 24.8 Å². The standard InChI is InChI=1S/C34H48N6O10/c1-18(2)14-25(32(47)40-29(20(4)42)34(49)50)38-31(46)26(16-21-8-6-5-7-9-21)37-27(44)17-36-33(48)28(19(3)41)39-30(45)24(35)15-22-10-12-23(43)13-11-22/h5-13,18-20,24-26,28-29,41-43H,14-17,35H2,1-4H3,(H,36,48)(H,37,44)(H,38,46)(H,39,45)(H,40,47)(H,49,50)/t19-,20-,24+,25-,26-,28+,29+/m0/s1. The van der Waals surface area contributed by atoms with E-state index >= 15 is 0 Å². The lowest BCUT2D eigenvalue weighted by atomic mass is 10.0. The molecule has 0 aromatic heterocycles. The predicted octanol–water partition coefficient (Wildman–Crippen LogP) is -1.55. The first-order valence-electron chi connectivity index (χ1n) is 16.1. The predicted molar refractivity (Wildman–Crippen MR) is 181 cm³/mol. The van der Waals surface area contributed by atoms with Crippen molar-refractivity contribution in [1.29, 1.82) is 0 Å². The molecule has 7 atom stereocenters. The van der Waals surface area contributed by atoms with Crippen molar-refractivity contribution in [1.82, 2.24) is 26.6 Å². The number of hydrogen-bond donors (Lipinski definition) is 10. The fraction of sp³-hybridized carbons (Fsp3) is 0.471. The summed E-state index contributed by atoms with van der Waals surface area (Å²) in [5.74, 6) is -5.61. The number of rotatable bonds is 19. The monoisotopic (exact) mass is 700 g/mol. The average Bonchev–Trinajstić information content (AvgIpc) is 3.04. The number of carboxylic acid groups (broad SMARTS) is 1. The molecule has 0 aliphatic carbocycles. The van der Waals surface area contributed by atoms with Crippen molar-refractivity contribution in [2.24, 2.45) is 11.7 Å². The number of carboxylic acids is 1. The summed E-state index contributed by atoms with van der Waals surface area (Å²) in [4.78, 5) is 76.8. The number of carbonyl (C=O) groups excluding carboxylic acids is 5. The summed E-state index contributed by atoms with van der Waals surface area (Å²) in [6.07, 6.45) is -2.63. The highest BCUT2D eigenvalue weighted by molar-refractivity contribution is 5.95. The molecule has 2 rings (SSSR count). The van der Waals surface area contributed by atoms with Crippen molar-refractivity contribution in [2.75, 3.05) is 6.54 Å². The van der Waals surface area contributed by atoms with Gasteiger partial charge >= 0.3 is 5.97 Å². The minimum Gasteiger partial charge on any atom is -0.508 e. The average molecular weight is 701 g/mol. The Balaban J connectivity index is 2.12. The van der Waals surface area contributed by atoms with Crippen LogP contribution in [-0.4, -0.2) is 105 Å². The molecule has 274 valence electrons. The summed E-state index contributed by atoms with van der Waals surface area (Å²) < 4.78 is 0. The maximum atomic E-state index is 13.5. The molecule has 2 aromatic carbocycles. The van der Waals surface area contributed by atoms with Crippen molar-refractivity contribution in [3.63, 3.8) is 0 Å². The van der Waals surface area contributed by atoms with Gasteiger partial charge in [-0.05, 0) is 55.9 Å². The molecule has 0 heterocycles. The first kappa shape index (κ1) is 41.1. The van der Waals surface area contributed by atoms with Gasteiger partial charge in [0.1, 0.15) is 23.9 Å². The van der Waals surface area contributed by atoms with E-state index in [0.29, 0.717) is 11.1 Å². The minimum absolute atomic E-state index is 0.0148. The number of nitrogens with one attached hydrogen (secondary N) is 5. The summed E-state index contributed by atoms with van der Waals surface area (Å²) >= 11 is 0. The second-order valence-corrected chi connectivity index (χ2v) is 12.5. The SMILES string of the molecule is CC(C)C[C@H](NC(=O)[C@H](Cc1ccccc1)NC(=O)CNC(=O)[C@H](NC(=O)[C@H](N)Cc1ccc(O)cc1)[C@H](C)O)C(=O)N[C@@H](C(=O)O)[C@H](C)O. The number of hydrogen-bond acceptors (Lipinski definition) is 10. The lowest BCUT2D eigenvalue weighted by Gasteiger charge is -2.26. The van der Waals surface area contributed by atoms with Crippen molar-refractivity contribution >= 4 is 35.5 Å². The van der Waals surface area contributed by atoms with Crippen LogP contribution in [0.15, 0.2) is 54.6 Å². The molecule has 0 radical (unpaired) electrons. The van der Waals surface area contributed by atoms with Gasteiger partial charge in [0.2, 0.25) is 29.5 Å².